The van der Waals surface area contributed by atoms with Gasteiger partial charge in [0.2, 0.25) is 0 Å². The lowest BCUT2D eigenvalue weighted by Gasteiger charge is -2.13. The van der Waals surface area contributed by atoms with Crippen molar-refractivity contribution in [3.8, 4) is 0 Å². The first-order chi connectivity index (χ1) is 8.72. The third kappa shape index (κ3) is 7.38. The molecule has 0 spiro atoms. The minimum absolute atomic E-state index is 0.392. The van der Waals surface area contributed by atoms with E-state index < -0.39 is 6.10 Å². The molecule has 1 aromatic heterocycles. The maximum Gasteiger partial charge on any atom is 0.0897 e. The Labute approximate surface area is 118 Å². The molecule has 5 heteroatoms. The normalized spacial score (nSPS) is 14.6. The van der Waals surface area contributed by atoms with Crippen LogP contribution < -0.4 is 5.32 Å². The molecule has 0 bridgehead atoms. The summed E-state index contributed by atoms with van der Waals surface area (Å²) in [5, 5.41) is 15.7. The highest BCUT2D eigenvalue weighted by molar-refractivity contribution is 7.99. The third-order valence-corrected chi connectivity index (χ3v) is 4.53. The Bertz CT molecular complexity index is 293. The van der Waals surface area contributed by atoms with Crippen LogP contribution in [0.3, 0.4) is 0 Å². The topological polar surface area (TPSA) is 41.5 Å². The van der Waals surface area contributed by atoms with E-state index in [0.29, 0.717) is 25.0 Å². The van der Waals surface area contributed by atoms with Gasteiger partial charge in [-0.05, 0) is 30.7 Å². The highest BCUT2D eigenvalue weighted by atomic mass is 32.2. The van der Waals surface area contributed by atoms with Crippen molar-refractivity contribution in [2.24, 2.45) is 0 Å². The van der Waals surface area contributed by atoms with E-state index >= 15 is 0 Å². The van der Waals surface area contributed by atoms with Crippen LogP contribution in [-0.4, -0.2) is 42.4 Å². The number of thioether (sulfide) groups is 1. The fourth-order valence-corrected chi connectivity index (χ4v) is 2.44. The summed E-state index contributed by atoms with van der Waals surface area (Å²) in [7, 11) is 0. The zero-order valence-corrected chi connectivity index (χ0v) is 12.7. The van der Waals surface area contributed by atoms with Crippen molar-refractivity contribution in [3.63, 3.8) is 0 Å². The predicted molar refractivity (Wildman–Crippen MR) is 80.4 cm³/mol. The van der Waals surface area contributed by atoms with E-state index in [-0.39, 0.29) is 0 Å². The van der Waals surface area contributed by atoms with Gasteiger partial charge in [-0.2, -0.15) is 11.8 Å². The lowest BCUT2D eigenvalue weighted by atomic mass is 10.3. The van der Waals surface area contributed by atoms with E-state index in [1.165, 1.54) is 4.88 Å². The van der Waals surface area contributed by atoms with E-state index in [9.17, 15) is 5.11 Å². The SMILES string of the molecule is CSC(C)CCNCC(O)COCc1cccs1. The lowest BCUT2D eigenvalue weighted by Crippen LogP contribution is -2.31. The third-order valence-electron chi connectivity index (χ3n) is 2.64. The second-order valence-corrected chi connectivity index (χ2v) is 6.60. The summed E-state index contributed by atoms with van der Waals surface area (Å²) in [5.41, 5.74) is 0. The molecule has 2 unspecified atom stereocenters. The molecule has 2 atom stereocenters. The number of ether oxygens (including phenoxy) is 1. The highest BCUT2D eigenvalue weighted by Gasteiger charge is 2.05. The van der Waals surface area contributed by atoms with E-state index in [1.807, 2.05) is 29.3 Å². The van der Waals surface area contributed by atoms with Crippen molar-refractivity contribution in [2.75, 3.05) is 26.0 Å². The fraction of sp³-hybridized carbons (Fsp3) is 0.692. The molecule has 0 saturated heterocycles. The molecule has 0 radical (unpaired) electrons. The van der Waals surface area contributed by atoms with Crippen molar-refractivity contribution >= 4 is 23.1 Å². The Balaban J connectivity index is 1.95. The molecule has 1 rings (SSSR count). The van der Waals surface area contributed by atoms with Crippen LogP contribution in [0.25, 0.3) is 0 Å². The molecule has 1 heterocycles. The van der Waals surface area contributed by atoms with Crippen LogP contribution in [0.4, 0.5) is 0 Å². The summed E-state index contributed by atoms with van der Waals surface area (Å²) in [4.78, 5) is 1.20. The molecule has 0 saturated carbocycles. The second-order valence-electron chi connectivity index (χ2n) is 4.29. The summed E-state index contributed by atoms with van der Waals surface area (Å²) in [6.45, 7) is 4.75. The molecule has 0 amide bonds. The van der Waals surface area contributed by atoms with Gasteiger partial charge in [0.1, 0.15) is 0 Å². The molecule has 18 heavy (non-hydrogen) atoms. The van der Waals surface area contributed by atoms with Gasteiger partial charge in [-0.15, -0.1) is 11.3 Å². The first-order valence-electron chi connectivity index (χ1n) is 6.24. The Kier molecular flexibility index (Phi) is 8.71. The van der Waals surface area contributed by atoms with Crippen LogP contribution in [0.5, 0.6) is 0 Å². The van der Waals surface area contributed by atoms with Gasteiger partial charge >= 0.3 is 0 Å². The highest BCUT2D eigenvalue weighted by Crippen LogP contribution is 2.09. The molecule has 0 aliphatic rings. The Hall–Kier alpha value is -0.0700. The summed E-state index contributed by atoms with van der Waals surface area (Å²) in [6.07, 6.45) is 2.83. The van der Waals surface area contributed by atoms with Crippen molar-refractivity contribution in [1.29, 1.82) is 0 Å². The summed E-state index contributed by atoms with van der Waals surface area (Å²) in [6, 6.07) is 4.05. The van der Waals surface area contributed by atoms with Crippen molar-refractivity contribution in [3.05, 3.63) is 22.4 Å². The molecule has 0 aliphatic heterocycles. The van der Waals surface area contributed by atoms with Crippen molar-refractivity contribution < 1.29 is 9.84 Å². The smallest absolute Gasteiger partial charge is 0.0897 e. The van der Waals surface area contributed by atoms with Gasteiger partial charge in [0.25, 0.3) is 0 Å². The number of aliphatic hydroxyl groups excluding tert-OH is 1. The van der Waals surface area contributed by atoms with E-state index in [0.717, 1.165) is 13.0 Å². The number of hydrogen-bond donors (Lipinski definition) is 2. The van der Waals surface area contributed by atoms with Crippen molar-refractivity contribution in [1.82, 2.24) is 5.32 Å². The van der Waals surface area contributed by atoms with Crippen LogP contribution in [0.1, 0.15) is 18.2 Å². The van der Waals surface area contributed by atoms with Gasteiger partial charge in [0.15, 0.2) is 0 Å². The van der Waals surface area contributed by atoms with E-state index in [4.69, 9.17) is 4.74 Å². The van der Waals surface area contributed by atoms with Crippen LogP contribution >= 0.6 is 23.1 Å². The molecule has 104 valence electrons. The lowest BCUT2D eigenvalue weighted by molar-refractivity contribution is 0.0299. The number of thiophene rings is 1. The van der Waals surface area contributed by atoms with Gasteiger partial charge < -0.3 is 15.2 Å². The molecule has 0 fully saturated rings. The minimum atomic E-state index is -0.422. The number of aliphatic hydroxyl groups is 1. The quantitative estimate of drug-likeness (QED) is 0.649. The summed E-state index contributed by atoms with van der Waals surface area (Å²) < 4.78 is 5.46. The Morgan fingerprint density at radius 2 is 2.39 bits per heavy atom. The van der Waals surface area contributed by atoms with Crippen LogP contribution in [-0.2, 0) is 11.3 Å². The predicted octanol–water partition coefficient (Wildman–Crippen LogP) is 2.36. The summed E-state index contributed by atoms with van der Waals surface area (Å²) >= 11 is 3.55. The fourth-order valence-electron chi connectivity index (χ4n) is 1.44. The minimum Gasteiger partial charge on any atom is -0.389 e. The molecular weight excluding hydrogens is 266 g/mol. The standard InChI is InChI=1S/C13H23NO2S2/c1-11(17-2)5-6-14-8-12(15)9-16-10-13-4-3-7-18-13/h3-4,7,11-12,14-15H,5-6,8-10H2,1-2H3. The average molecular weight is 289 g/mol. The maximum absolute atomic E-state index is 9.71. The van der Waals surface area contributed by atoms with Gasteiger partial charge in [-0.25, -0.2) is 0 Å². The number of hydrogen-bond acceptors (Lipinski definition) is 5. The zero-order chi connectivity index (χ0) is 13.2. The number of rotatable bonds is 10. The second kappa shape index (κ2) is 9.81. The van der Waals surface area contributed by atoms with Gasteiger partial charge in [-0.3, -0.25) is 0 Å². The Morgan fingerprint density at radius 1 is 1.56 bits per heavy atom. The van der Waals surface area contributed by atoms with Crippen LogP contribution in [0.15, 0.2) is 17.5 Å². The first kappa shape index (κ1) is 16.0. The van der Waals surface area contributed by atoms with Gasteiger partial charge in [0.05, 0.1) is 19.3 Å². The van der Waals surface area contributed by atoms with Gasteiger partial charge in [0, 0.05) is 16.7 Å². The average Bonchev–Trinajstić information content (AvgIpc) is 2.87. The van der Waals surface area contributed by atoms with Crippen LogP contribution in [0, 0.1) is 0 Å². The molecule has 3 nitrogen and oxygen atoms in total. The van der Waals surface area contributed by atoms with Crippen LogP contribution in [0.2, 0.25) is 0 Å². The largest absolute Gasteiger partial charge is 0.389 e. The molecule has 0 aliphatic carbocycles. The van der Waals surface area contributed by atoms with E-state index in [1.54, 1.807) is 11.3 Å². The van der Waals surface area contributed by atoms with Gasteiger partial charge in [-0.1, -0.05) is 13.0 Å². The molecule has 1 aromatic rings. The van der Waals surface area contributed by atoms with E-state index in [2.05, 4.69) is 18.5 Å². The monoisotopic (exact) mass is 289 g/mol. The summed E-state index contributed by atoms with van der Waals surface area (Å²) in [5.74, 6) is 0. The Morgan fingerprint density at radius 3 is 3.06 bits per heavy atom. The molecule has 0 aromatic carbocycles. The zero-order valence-electron chi connectivity index (χ0n) is 11.1. The number of nitrogens with one attached hydrogen (secondary N) is 1. The van der Waals surface area contributed by atoms with Crippen molar-refractivity contribution in [2.45, 2.75) is 31.3 Å². The molecule has 2 N–H and O–H groups in total. The molecular formula is C13H23NO2S2. The maximum atomic E-state index is 9.71. The first-order valence-corrected chi connectivity index (χ1v) is 8.40.